The summed E-state index contributed by atoms with van der Waals surface area (Å²) in [6.45, 7) is 0. The van der Waals surface area contributed by atoms with Gasteiger partial charge in [0.15, 0.2) is 5.96 Å². The summed E-state index contributed by atoms with van der Waals surface area (Å²) in [6.07, 6.45) is 0.704. The summed E-state index contributed by atoms with van der Waals surface area (Å²) in [5.74, 6) is -0.631. The smallest absolute Gasteiger partial charge is 0.252 e. The van der Waals surface area contributed by atoms with Crippen LogP contribution in [0.1, 0.15) is 17.9 Å². The zero-order valence-corrected chi connectivity index (χ0v) is 10.4. The number of guanidine groups is 1. The average molecular weight is 272 g/mol. The van der Waals surface area contributed by atoms with Crippen LogP contribution in [0.15, 0.2) is 23.2 Å². The van der Waals surface area contributed by atoms with E-state index in [1.165, 1.54) is 0 Å². The van der Waals surface area contributed by atoms with E-state index in [0.717, 1.165) is 5.56 Å². The van der Waals surface area contributed by atoms with Crippen LogP contribution in [-0.2, 0) is 4.79 Å². The first-order chi connectivity index (χ1) is 7.99. The Bertz CT molecular complexity index is 497. The second-order valence-corrected chi connectivity index (χ2v) is 4.83. The Morgan fingerprint density at radius 2 is 2.06 bits per heavy atom. The summed E-state index contributed by atoms with van der Waals surface area (Å²) < 4.78 is 0. The van der Waals surface area contributed by atoms with E-state index in [1.807, 2.05) is 0 Å². The molecule has 4 N–H and O–H groups in total. The Kier molecular flexibility index (Phi) is 3.26. The van der Waals surface area contributed by atoms with Crippen molar-refractivity contribution in [3.05, 3.63) is 33.8 Å². The van der Waals surface area contributed by atoms with Crippen LogP contribution in [0.3, 0.4) is 0 Å². The molecule has 1 aliphatic carbocycles. The number of rotatable bonds is 2. The fourth-order valence-electron chi connectivity index (χ4n) is 1.82. The van der Waals surface area contributed by atoms with Crippen molar-refractivity contribution in [3.63, 3.8) is 0 Å². The molecule has 0 aromatic heterocycles. The van der Waals surface area contributed by atoms with E-state index in [0.29, 0.717) is 16.5 Å². The number of carbonyl (C=O) groups is 1. The second-order valence-electron chi connectivity index (χ2n) is 3.99. The van der Waals surface area contributed by atoms with Crippen LogP contribution in [0.2, 0.25) is 10.0 Å². The summed E-state index contributed by atoms with van der Waals surface area (Å²) in [5, 5.41) is 1.21. The van der Waals surface area contributed by atoms with E-state index in [1.54, 1.807) is 18.2 Å². The maximum atomic E-state index is 11.6. The highest BCUT2D eigenvalue weighted by molar-refractivity contribution is 6.33. The molecule has 1 aromatic rings. The molecule has 0 bridgehead atoms. The number of aliphatic imine (C=N–C) groups is 1. The minimum Gasteiger partial charge on any atom is -0.370 e. The van der Waals surface area contributed by atoms with Crippen molar-refractivity contribution in [2.24, 2.45) is 22.4 Å². The lowest BCUT2D eigenvalue weighted by Gasteiger charge is -2.03. The Hall–Kier alpha value is -1.26. The highest BCUT2D eigenvalue weighted by Gasteiger charge is 2.45. The first-order valence-corrected chi connectivity index (χ1v) is 5.83. The first kappa shape index (κ1) is 12.2. The lowest BCUT2D eigenvalue weighted by atomic mass is 10.1. The number of hydrogen-bond acceptors (Lipinski definition) is 1. The van der Waals surface area contributed by atoms with Gasteiger partial charge in [0.2, 0.25) is 0 Å². The fraction of sp³-hybridized carbons (Fsp3) is 0.273. The molecule has 17 heavy (non-hydrogen) atoms. The molecule has 2 atom stereocenters. The molecule has 2 rings (SSSR count). The lowest BCUT2D eigenvalue weighted by Crippen LogP contribution is -2.24. The zero-order valence-electron chi connectivity index (χ0n) is 8.86. The molecule has 90 valence electrons. The molecule has 6 heteroatoms. The van der Waals surface area contributed by atoms with Gasteiger partial charge in [0.1, 0.15) is 0 Å². The molecular weight excluding hydrogens is 261 g/mol. The summed E-state index contributed by atoms with van der Waals surface area (Å²) >= 11 is 11.9. The number of hydrogen-bond donors (Lipinski definition) is 2. The van der Waals surface area contributed by atoms with Crippen LogP contribution < -0.4 is 11.5 Å². The Balaban J connectivity index is 2.15. The molecule has 0 heterocycles. The van der Waals surface area contributed by atoms with Crippen molar-refractivity contribution in [2.45, 2.75) is 12.3 Å². The molecule has 1 amide bonds. The van der Waals surface area contributed by atoms with Gasteiger partial charge in [-0.3, -0.25) is 4.79 Å². The molecule has 0 unspecified atom stereocenters. The van der Waals surface area contributed by atoms with E-state index in [-0.39, 0.29) is 23.7 Å². The van der Waals surface area contributed by atoms with Crippen molar-refractivity contribution < 1.29 is 4.79 Å². The Morgan fingerprint density at radius 3 is 2.71 bits per heavy atom. The van der Waals surface area contributed by atoms with Crippen LogP contribution in [0.4, 0.5) is 0 Å². The summed E-state index contributed by atoms with van der Waals surface area (Å²) in [7, 11) is 0. The van der Waals surface area contributed by atoms with Gasteiger partial charge >= 0.3 is 0 Å². The van der Waals surface area contributed by atoms with E-state index in [2.05, 4.69) is 4.99 Å². The number of amides is 1. The highest BCUT2D eigenvalue weighted by atomic mass is 35.5. The van der Waals surface area contributed by atoms with Gasteiger partial charge in [0, 0.05) is 16.0 Å². The van der Waals surface area contributed by atoms with Crippen LogP contribution in [0.5, 0.6) is 0 Å². The number of nitrogens with two attached hydrogens (primary N) is 2. The van der Waals surface area contributed by atoms with Gasteiger partial charge in [-0.2, -0.15) is 4.99 Å². The number of benzene rings is 1. The summed E-state index contributed by atoms with van der Waals surface area (Å²) in [6, 6.07) is 5.21. The Labute approximate surface area is 109 Å². The molecule has 1 aromatic carbocycles. The molecule has 0 spiro atoms. The van der Waals surface area contributed by atoms with E-state index in [4.69, 9.17) is 34.7 Å². The van der Waals surface area contributed by atoms with E-state index >= 15 is 0 Å². The number of halogens is 2. The average Bonchev–Trinajstić information content (AvgIpc) is 3.00. The van der Waals surface area contributed by atoms with Gasteiger partial charge in [-0.05, 0) is 36.1 Å². The quantitative estimate of drug-likeness (QED) is 0.637. The predicted octanol–water partition coefficient (Wildman–Crippen LogP) is 1.90. The molecular formula is C11H11Cl2N3O. The van der Waals surface area contributed by atoms with Crippen LogP contribution in [0.25, 0.3) is 0 Å². The van der Waals surface area contributed by atoms with Crippen molar-refractivity contribution in [3.8, 4) is 0 Å². The van der Waals surface area contributed by atoms with Crippen molar-refractivity contribution in [1.82, 2.24) is 0 Å². The van der Waals surface area contributed by atoms with Gasteiger partial charge in [-0.1, -0.05) is 23.2 Å². The standard InChI is InChI=1S/C11H11Cl2N3O/c12-5-1-2-9(13)7(3-5)6-4-8(6)10(17)16-11(14)15/h1-3,6,8H,4H2,(H4,14,15,16,17)/t6-,8+/m0/s1. The van der Waals surface area contributed by atoms with E-state index in [9.17, 15) is 4.79 Å². The van der Waals surface area contributed by atoms with Crippen LogP contribution in [0, 0.1) is 5.92 Å². The minimum absolute atomic E-state index is 0.0665. The van der Waals surface area contributed by atoms with Crippen molar-refractivity contribution >= 4 is 35.1 Å². The lowest BCUT2D eigenvalue weighted by molar-refractivity contribution is -0.119. The molecule has 0 radical (unpaired) electrons. The largest absolute Gasteiger partial charge is 0.370 e. The number of carbonyl (C=O) groups excluding carboxylic acids is 1. The van der Waals surface area contributed by atoms with Crippen molar-refractivity contribution in [2.75, 3.05) is 0 Å². The SMILES string of the molecule is NC(N)=NC(=O)[C@@H]1C[C@H]1c1cc(Cl)ccc1Cl. The first-order valence-electron chi connectivity index (χ1n) is 5.07. The molecule has 0 saturated heterocycles. The third-order valence-corrected chi connectivity index (χ3v) is 3.28. The van der Waals surface area contributed by atoms with Gasteiger partial charge in [-0.25, -0.2) is 0 Å². The third kappa shape index (κ3) is 2.70. The maximum absolute atomic E-state index is 11.6. The minimum atomic E-state index is -0.300. The molecule has 0 aliphatic heterocycles. The van der Waals surface area contributed by atoms with Gasteiger partial charge < -0.3 is 11.5 Å². The normalized spacial score (nSPS) is 22.0. The fourth-order valence-corrected chi connectivity index (χ4v) is 2.26. The molecule has 1 fully saturated rings. The maximum Gasteiger partial charge on any atom is 0.252 e. The van der Waals surface area contributed by atoms with Crippen LogP contribution >= 0.6 is 23.2 Å². The summed E-state index contributed by atoms with van der Waals surface area (Å²) in [5.41, 5.74) is 11.2. The van der Waals surface area contributed by atoms with Gasteiger partial charge in [0.25, 0.3) is 5.91 Å². The monoisotopic (exact) mass is 271 g/mol. The molecule has 4 nitrogen and oxygen atoms in total. The topological polar surface area (TPSA) is 81.5 Å². The predicted molar refractivity (Wildman–Crippen MR) is 68.1 cm³/mol. The number of nitrogens with zero attached hydrogens (tertiary/aromatic N) is 1. The Morgan fingerprint density at radius 1 is 1.35 bits per heavy atom. The van der Waals surface area contributed by atoms with Crippen molar-refractivity contribution in [1.29, 1.82) is 0 Å². The second kappa shape index (κ2) is 4.55. The molecule has 1 aliphatic rings. The molecule has 1 saturated carbocycles. The van der Waals surface area contributed by atoms with Gasteiger partial charge in [-0.15, -0.1) is 0 Å². The third-order valence-electron chi connectivity index (χ3n) is 2.70. The van der Waals surface area contributed by atoms with E-state index < -0.39 is 0 Å². The zero-order chi connectivity index (χ0) is 12.6. The van der Waals surface area contributed by atoms with Crippen LogP contribution in [-0.4, -0.2) is 11.9 Å². The highest BCUT2D eigenvalue weighted by Crippen LogP contribution is 2.50. The summed E-state index contributed by atoms with van der Waals surface area (Å²) in [4.78, 5) is 15.1. The van der Waals surface area contributed by atoms with Gasteiger partial charge in [0.05, 0.1) is 0 Å².